The zero-order valence-corrected chi connectivity index (χ0v) is 9.72. The first-order valence-electron chi connectivity index (χ1n) is 5.35. The number of nitrogens with two attached hydrogens (primary N) is 1. The summed E-state index contributed by atoms with van der Waals surface area (Å²) in [5.74, 6) is -0.540. The number of ether oxygens (including phenoxy) is 1. The minimum Gasteiger partial charge on any atom is -0.465 e. The number of hydrogen-bond donors (Lipinski definition) is 1. The SMILES string of the molecule is C[C@@]1(c2cc([N+](=O)[O-])ccc2F)CCOC(N)=N1. The molecule has 2 N–H and O–H groups in total. The van der Waals surface area contributed by atoms with E-state index < -0.39 is 16.3 Å². The van der Waals surface area contributed by atoms with Gasteiger partial charge in [0.15, 0.2) is 0 Å². The van der Waals surface area contributed by atoms with E-state index in [-0.39, 0.29) is 17.3 Å². The summed E-state index contributed by atoms with van der Waals surface area (Å²) < 4.78 is 18.8. The van der Waals surface area contributed by atoms with Gasteiger partial charge in [0.2, 0.25) is 0 Å². The normalized spacial score (nSPS) is 23.1. The molecule has 18 heavy (non-hydrogen) atoms. The fourth-order valence-corrected chi connectivity index (χ4v) is 1.92. The van der Waals surface area contributed by atoms with Gasteiger partial charge in [-0.2, -0.15) is 0 Å². The average Bonchev–Trinajstić information content (AvgIpc) is 2.28. The van der Waals surface area contributed by atoms with Crippen molar-refractivity contribution in [2.45, 2.75) is 18.9 Å². The Morgan fingerprint density at radius 2 is 2.33 bits per heavy atom. The third kappa shape index (κ3) is 2.11. The molecule has 0 radical (unpaired) electrons. The molecule has 0 fully saturated rings. The maximum absolute atomic E-state index is 13.8. The fourth-order valence-electron chi connectivity index (χ4n) is 1.92. The van der Waals surface area contributed by atoms with Crippen molar-refractivity contribution in [2.24, 2.45) is 10.7 Å². The van der Waals surface area contributed by atoms with E-state index in [1.54, 1.807) is 6.92 Å². The van der Waals surface area contributed by atoms with Crippen molar-refractivity contribution >= 4 is 11.7 Å². The smallest absolute Gasteiger partial charge is 0.282 e. The lowest BCUT2D eigenvalue weighted by Gasteiger charge is -2.29. The third-order valence-corrected chi connectivity index (χ3v) is 2.94. The van der Waals surface area contributed by atoms with Crippen molar-refractivity contribution < 1.29 is 14.1 Å². The van der Waals surface area contributed by atoms with Crippen molar-refractivity contribution in [1.82, 2.24) is 0 Å². The highest BCUT2D eigenvalue weighted by atomic mass is 19.1. The molecule has 0 bridgehead atoms. The van der Waals surface area contributed by atoms with Gasteiger partial charge >= 0.3 is 0 Å². The Balaban J connectivity index is 2.52. The first kappa shape index (κ1) is 12.3. The van der Waals surface area contributed by atoms with Crippen LogP contribution in [0.15, 0.2) is 23.2 Å². The standard InChI is InChI=1S/C11H12FN3O3/c1-11(4-5-18-10(13)14-11)8-6-7(15(16)17)2-3-9(8)12/h2-3,6H,4-5H2,1H3,(H2,13,14)/t11-/m0/s1. The fraction of sp³-hybridized carbons (Fsp3) is 0.364. The van der Waals surface area contributed by atoms with Crippen LogP contribution in [-0.2, 0) is 10.3 Å². The van der Waals surface area contributed by atoms with E-state index in [0.29, 0.717) is 13.0 Å². The van der Waals surface area contributed by atoms with Gasteiger partial charge in [-0.3, -0.25) is 10.1 Å². The minimum atomic E-state index is -0.932. The molecular formula is C11H12FN3O3. The van der Waals surface area contributed by atoms with Crippen LogP contribution in [-0.4, -0.2) is 17.6 Å². The van der Waals surface area contributed by atoms with Crippen LogP contribution < -0.4 is 5.73 Å². The van der Waals surface area contributed by atoms with Gasteiger partial charge < -0.3 is 10.5 Å². The summed E-state index contributed by atoms with van der Waals surface area (Å²) in [5.41, 5.74) is 4.52. The highest BCUT2D eigenvalue weighted by Crippen LogP contribution is 2.35. The third-order valence-electron chi connectivity index (χ3n) is 2.94. The minimum absolute atomic E-state index is 0.0327. The number of nitro benzene ring substituents is 1. The van der Waals surface area contributed by atoms with Crippen molar-refractivity contribution in [3.8, 4) is 0 Å². The van der Waals surface area contributed by atoms with Crippen LogP contribution in [0.5, 0.6) is 0 Å². The number of hydrogen-bond acceptors (Lipinski definition) is 5. The molecule has 1 aromatic carbocycles. The molecule has 0 aromatic heterocycles. The first-order chi connectivity index (χ1) is 8.42. The average molecular weight is 253 g/mol. The van der Waals surface area contributed by atoms with Crippen LogP contribution in [0.2, 0.25) is 0 Å². The lowest BCUT2D eigenvalue weighted by atomic mass is 9.88. The van der Waals surface area contributed by atoms with Crippen LogP contribution in [0, 0.1) is 15.9 Å². The van der Waals surface area contributed by atoms with Crippen LogP contribution in [0.3, 0.4) is 0 Å². The Morgan fingerprint density at radius 3 is 2.94 bits per heavy atom. The zero-order chi connectivity index (χ0) is 13.3. The van der Waals surface area contributed by atoms with Crippen molar-refractivity contribution in [3.63, 3.8) is 0 Å². The zero-order valence-electron chi connectivity index (χ0n) is 9.72. The van der Waals surface area contributed by atoms with E-state index in [4.69, 9.17) is 10.5 Å². The molecule has 1 aliphatic rings. The molecular weight excluding hydrogens is 241 g/mol. The quantitative estimate of drug-likeness (QED) is 0.641. The van der Waals surface area contributed by atoms with Crippen molar-refractivity contribution in [2.75, 3.05) is 6.61 Å². The molecule has 1 aliphatic heterocycles. The molecule has 0 saturated carbocycles. The molecule has 1 aromatic rings. The van der Waals surface area contributed by atoms with Crippen LogP contribution in [0.1, 0.15) is 18.9 Å². The van der Waals surface area contributed by atoms with Crippen LogP contribution in [0.4, 0.5) is 10.1 Å². The molecule has 0 aliphatic carbocycles. The lowest BCUT2D eigenvalue weighted by Crippen LogP contribution is -2.34. The summed E-state index contributed by atoms with van der Waals surface area (Å²) in [7, 11) is 0. The molecule has 0 amide bonds. The van der Waals surface area contributed by atoms with E-state index in [1.807, 2.05) is 0 Å². The van der Waals surface area contributed by atoms with Gasteiger partial charge in [-0.05, 0) is 13.0 Å². The number of rotatable bonds is 2. The highest BCUT2D eigenvalue weighted by molar-refractivity contribution is 5.72. The number of amidine groups is 1. The maximum Gasteiger partial charge on any atom is 0.282 e. The van der Waals surface area contributed by atoms with E-state index in [9.17, 15) is 14.5 Å². The van der Waals surface area contributed by atoms with E-state index >= 15 is 0 Å². The Labute approximate surface area is 102 Å². The summed E-state index contributed by atoms with van der Waals surface area (Å²) in [4.78, 5) is 14.2. The van der Waals surface area contributed by atoms with Gasteiger partial charge in [0.05, 0.1) is 17.1 Å². The number of benzene rings is 1. The summed E-state index contributed by atoms with van der Waals surface area (Å²) in [6, 6.07) is 3.35. The Morgan fingerprint density at radius 1 is 1.61 bits per heavy atom. The molecule has 1 heterocycles. The topological polar surface area (TPSA) is 90.8 Å². The van der Waals surface area contributed by atoms with Crippen LogP contribution >= 0.6 is 0 Å². The van der Waals surface area contributed by atoms with Gasteiger partial charge in [-0.1, -0.05) is 0 Å². The first-order valence-corrected chi connectivity index (χ1v) is 5.35. The predicted octanol–water partition coefficient (Wildman–Crippen LogP) is 1.68. The Kier molecular flexibility index (Phi) is 2.90. The van der Waals surface area contributed by atoms with E-state index in [2.05, 4.69) is 4.99 Å². The summed E-state index contributed by atoms with van der Waals surface area (Å²) in [6.45, 7) is 1.97. The number of nitrogens with zero attached hydrogens (tertiary/aromatic N) is 2. The summed E-state index contributed by atoms with van der Waals surface area (Å²) >= 11 is 0. The van der Waals surface area contributed by atoms with Gasteiger partial charge in [-0.25, -0.2) is 9.38 Å². The molecule has 1 atom stereocenters. The monoisotopic (exact) mass is 253 g/mol. The number of aliphatic imine (C=N–C) groups is 1. The lowest BCUT2D eigenvalue weighted by molar-refractivity contribution is -0.385. The molecule has 6 nitrogen and oxygen atoms in total. The van der Waals surface area contributed by atoms with Gasteiger partial charge in [0.25, 0.3) is 11.7 Å². The maximum atomic E-state index is 13.8. The molecule has 0 saturated heterocycles. The Hall–Kier alpha value is -2.18. The molecule has 0 unspecified atom stereocenters. The number of non-ortho nitro benzene ring substituents is 1. The van der Waals surface area contributed by atoms with Crippen LogP contribution in [0.25, 0.3) is 0 Å². The largest absolute Gasteiger partial charge is 0.465 e. The Bertz CT molecular complexity index is 532. The van der Waals surface area contributed by atoms with Crippen molar-refractivity contribution in [3.05, 3.63) is 39.7 Å². The van der Waals surface area contributed by atoms with Gasteiger partial charge in [0, 0.05) is 24.1 Å². The predicted molar refractivity (Wildman–Crippen MR) is 62.6 cm³/mol. The van der Waals surface area contributed by atoms with Gasteiger partial charge in [-0.15, -0.1) is 0 Å². The molecule has 7 heteroatoms. The van der Waals surface area contributed by atoms with Crippen molar-refractivity contribution in [1.29, 1.82) is 0 Å². The molecule has 2 rings (SSSR count). The van der Waals surface area contributed by atoms with E-state index in [1.165, 1.54) is 6.07 Å². The summed E-state index contributed by atoms with van der Waals surface area (Å²) in [6.07, 6.45) is 0.409. The second kappa shape index (κ2) is 4.25. The number of nitro groups is 1. The second-order valence-corrected chi connectivity index (χ2v) is 4.24. The molecule has 0 spiro atoms. The highest BCUT2D eigenvalue weighted by Gasteiger charge is 2.33. The number of halogens is 1. The summed E-state index contributed by atoms with van der Waals surface area (Å²) in [5, 5.41) is 10.7. The van der Waals surface area contributed by atoms with Gasteiger partial charge in [0.1, 0.15) is 5.82 Å². The second-order valence-electron chi connectivity index (χ2n) is 4.24. The van der Waals surface area contributed by atoms with E-state index in [0.717, 1.165) is 12.1 Å². The molecule has 96 valence electrons.